The molecule has 1 aliphatic heterocycles. The molecule has 17 heavy (non-hydrogen) atoms. The number of morpholine rings is 1. The van der Waals surface area contributed by atoms with Crippen LogP contribution in [0.3, 0.4) is 0 Å². The minimum Gasteiger partial charge on any atom is -0.465 e. The Morgan fingerprint density at radius 2 is 2.35 bits per heavy atom. The predicted molar refractivity (Wildman–Crippen MR) is 64.1 cm³/mol. The van der Waals surface area contributed by atoms with Crippen LogP contribution in [0.2, 0.25) is 0 Å². The van der Waals surface area contributed by atoms with Gasteiger partial charge in [0, 0.05) is 13.1 Å². The van der Waals surface area contributed by atoms with Gasteiger partial charge < -0.3 is 14.8 Å². The Kier molecular flexibility index (Phi) is 3.76. The van der Waals surface area contributed by atoms with Crippen LogP contribution in [0.5, 0.6) is 0 Å². The Bertz CT molecular complexity index is 411. The Labute approximate surface area is 101 Å². The molecule has 1 atom stereocenters. The van der Waals surface area contributed by atoms with Crippen LogP contribution in [0.1, 0.15) is 27.6 Å². The van der Waals surface area contributed by atoms with Crippen LogP contribution in [0.25, 0.3) is 0 Å². The molecular weight excluding hydrogens is 218 g/mol. The van der Waals surface area contributed by atoms with Crippen LogP contribution in [-0.2, 0) is 9.47 Å². The first kappa shape index (κ1) is 12.1. The van der Waals surface area contributed by atoms with E-state index in [4.69, 9.17) is 9.47 Å². The summed E-state index contributed by atoms with van der Waals surface area (Å²) >= 11 is 0. The number of ether oxygens (including phenoxy) is 2. The lowest BCUT2D eigenvalue weighted by molar-refractivity contribution is 0.0273. The van der Waals surface area contributed by atoms with Crippen LogP contribution >= 0.6 is 0 Å². The molecule has 4 nitrogen and oxygen atoms in total. The van der Waals surface area contributed by atoms with Gasteiger partial charge in [-0.05, 0) is 30.2 Å². The molecule has 0 aliphatic carbocycles. The van der Waals surface area contributed by atoms with Crippen molar-refractivity contribution in [1.82, 2.24) is 5.32 Å². The standard InChI is InChI=1S/C13H17NO3/c1-9-7-10(13(15)16-2)3-4-11(9)12-8-14-5-6-17-12/h3-4,7,12,14H,5-6,8H2,1-2H3. The van der Waals surface area contributed by atoms with Crippen molar-refractivity contribution in [3.05, 3.63) is 34.9 Å². The van der Waals surface area contributed by atoms with E-state index < -0.39 is 0 Å². The lowest BCUT2D eigenvalue weighted by Crippen LogP contribution is -2.33. The van der Waals surface area contributed by atoms with E-state index in [1.807, 2.05) is 19.1 Å². The molecule has 92 valence electrons. The zero-order valence-electron chi connectivity index (χ0n) is 10.2. The van der Waals surface area contributed by atoms with Gasteiger partial charge in [0.2, 0.25) is 0 Å². The second-order valence-electron chi connectivity index (χ2n) is 4.13. The van der Waals surface area contributed by atoms with Crippen LogP contribution in [0, 0.1) is 6.92 Å². The fourth-order valence-electron chi connectivity index (χ4n) is 2.05. The number of hydrogen-bond donors (Lipinski definition) is 1. The maximum absolute atomic E-state index is 11.4. The molecule has 4 heteroatoms. The van der Waals surface area contributed by atoms with Gasteiger partial charge in [-0.15, -0.1) is 0 Å². The lowest BCUT2D eigenvalue weighted by atomic mass is 10.00. The smallest absolute Gasteiger partial charge is 0.337 e. The first-order valence-corrected chi connectivity index (χ1v) is 5.73. The van der Waals surface area contributed by atoms with Gasteiger partial charge in [0.1, 0.15) is 0 Å². The first-order chi connectivity index (χ1) is 8.22. The van der Waals surface area contributed by atoms with E-state index in [1.54, 1.807) is 6.07 Å². The molecule has 1 unspecified atom stereocenters. The zero-order valence-corrected chi connectivity index (χ0v) is 10.2. The van der Waals surface area contributed by atoms with Crippen molar-refractivity contribution in [2.45, 2.75) is 13.0 Å². The summed E-state index contributed by atoms with van der Waals surface area (Å²) in [6, 6.07) is 5.57. The number of esters is 1. The Morgan fingerprint density at radius 1 is 1.53 bits per heavy atom. The molecule has 1 aromatic carbocycles. The van der Waals surface area contributed by atoms with Gasteiger partial charge in [-0.25, -0.2) is 4.79 Å². The van der Waals surface area contributed by atoms with Crippen LogP contribution in [0.15, 0.2) is 18.2 Å². The molecule has 2 rings (SSSR count). The number of rotatable bonds is 2. The molecule has 1 saturated heterocycles. The summed E-state index contributed by atoms with van der Waals surface area (Å²) in [5, 5.41) is 3.29. The summed E-state index contributed by atoms with van der Waals surface area (Å²) < 4.78 is 10.4. The largest absolute Gasteiger partial charge is 0.465 e. The van der Waals surface area contributed by atoms with E-state index >= 15 is 0 Å². The van der Waals surface area contributed by atoms with E-state index in [2.05, 4.69) is 5.32 Å². The van der Waals surface area contributed by atoms with Gasteiger partial charge in [0.25, 0.3) is 0 Å². The van der Waals surface area contributed by atoms with E-state index in [-0.39, 0.29) is 12.1 Å². The van der Waals surface area contributed by atoms with Crippen molar-refractivity contribution in [3.8, 4) is 0 Å². The normalized spacial score (nSPS) is 20.0. The molecule has 1 aromatic rings. The second-order valence-corrected chi connectivity index (χ2v) is 4.13. The maximum Gasteiger partial charge on any atom is 0.337 e. The van der Waals surface area contributed by atoms with E-state index in [0.29, 0.717) is 5.56 Å². The lowest BCUT2D eigenvalue weighted by Gasteiger charge is -2.25. The SMILES string of the molecule is COC(=O)c1ccc(C2CNCCO2)c(C)c1. The Morgan fingerprint density at radius 3 is 2.94 bits per heavy atom. The predicted octanol–water partition coefficient (Wildman–Crippen LogP) is 1.44. The molecule has 0 saturated carbocycles. The molecular formula is C13H17NO3. The van der Waals surface area contributed by atoms with Crippen LogP contribution in [-0.4, -0.2) is 32.8 Å². The molecule has 0 aromatic heterocycles. The van der Waals surface area contributed by atoms with Gasteiger partial charge in [-0.3, -0.25) is 0 Å². The zero-order chi connectivity index (χ0) is 12.3. The summed E-state index contributed by atoms with van der Waals surface area (Å²) in [5.41, 5.74) is 2.77. The summed E-state index contributed by atoms with van der Waals surface area (Å²) in [6.45, 7) is 4.43. The third kappa shape index (κ3) is 2.65. The fourth-order valence-corrected chi connectivity index (χ4v) is 2.05. The summed E-state index contributed by atoms with van der Waals surface area (Å²) in [7, 11) is 1.39. The van der Waals surface area contributed by atoms with E-state index in [0.717, 1.165) is 30.8 Å². The number of methoxy groups -OCH3 is 1. The van der Waals surface area contributed by atoms with Gasteiger partial charge in [-0.1, -0.05) is 6.07 Å². The van der Waals surface area contributed by atoms with Crippen molar-refractivity contribution < 1.29 is 14.3 Å². The molecule has 1 fully saturated rings. The summed E-state index contributed by atoms with van der Waals surface area (Å²) in [6.07, 6.45) is 0.0791. The van der Waals surface area contributed by atoms with E-state index in [1.165, 1.54) is 7.11 Å². The van der Waals surface area contributed by atoms with Crippen molar-refractivity contribution in [1.29, 1.82) is 0 Å². The van der Waals surface area contributed by atoms with Crippen LogP contribution < -0.4 is 5.32 Å². The van der Waals surface area contributed by atoms with Crippen molar-refractivity contribution in [3.63, 3.8) is 0 Å². The number of nitrogens with one attached hydrogen (secondary N) is 1. The average Bonchev–Trinajstić information content (AvgIpc) is 2.38. The second kappa shape index (κ2) is 5.29. The Hall–Kier alpha value is -1.39. The molecule has 1 heterocycles. The van der Waals surface area contributed by atoms with Gasteiger partial charge in [-0.2, -0.15) is 0 Å². The molecule has 0 amide bonds. The van der Waals surface area contributed by atoms with E-state index in [9.17, 15) is 4.79 Å². The van der Waals surface area contributed by atoms with Crippen molar-refractivity contribution >= 4 is 5.97 Å². The molecule has 0 bridgehead atoms. The monoisotopic (exact) mass is 235 g/mol. The van der Waals surface area contributed by atoms with Gasteiger partial charge in [0.05, 0.1) is 25.4 Å². The number of hydrogen-bond acceptors (Lipinski definition) is 4. The number of carbonyl (C=O) groups is 1. The average molecular weight is 235 g/mol. The van der Waals surface area contributed by atoms with Gasteiger partial charge >= 0.3 is 5.97 Å². The Balaban J connectivity index is 2.21. The topological polar surface area (TPSA) is 47.6 Å². The van der Waals surface area contributed by atoms with Crippen LogP contribution in [0.4, 0.5) is 0 Å². The quantitative estimate of drug-likeness (QED) is 0.788. The minimum absolute atomic E-state index is 0.0791. The molecule has 0 spiro atoms. The number of benzene rings is 1. The molecule has 1 aliphatic rings. The highest BCUT2D eigenvalue weighted by atomic mass is 16.5. The summed E-state index contributed by atoms with van der Waals surface area (Å²) in [4.78, 5) is 11.4. The third-order valence-corrected chi connectivity index (χ3v) is 2.97. The highest BCUT2D eigenvalue weighted by Crippen LogP contribution is 2.23. The highest BCUT2D eigenvalue weighted by molar-refractivity contribution is 5.89. The highest BCUT2D eigenvalue weighted by Gasteiger charge is 2.18. The minimum atomic E-state index is -0.303. The van der Waals surface area contributed by atoms with Crippen molar-refractivity contribution in [2.75, 3.05) is 26.8 Å². The fraction of sp³-hybridized carbons (Fsp3) is 0.462. The third-order valence-electron chi connectivity index (χ3n) is 2.97. The number of aryl methyl sites for hydroxylation is 1. The first-order valence-electron chi connectivity index (χ1n) is 5.73. The summed E-state index contributed by atoms with van der Waals surface area (Å²) in [5.74, 6) is -0.303. The van der Waals surface area contributed by atoms with Crippen molar-refractivity contribution in [2.24, 2.45) is 0 Å². The van der Waals surface area contributed by atoms with Gasteiger partial charge in [0.15, 0.2) is 0 Å². The molecule has 1 N–H and O–H groups in total. The molecule has 0 radical (unpaired) electrons. The number of carbonyl (C=O) groups excluding carboxylic acids is 1. The maximum atomic E-state index is 11.4.